The van der Waals surface area contributed by atoms with Gasteiger partial charge in [0.1, 0.15) is 0 Å². The van der Waals surface area contributed by atoms with E-state index < -0.39 is 5.78 Å². The molecule has 0 amide bonds. The molecule has 3 aromatic rings. The van der Waals surface area contributed by atoms with Gasteiger partial charge in [0.15, 0.2) is 6.29 Å². The molecule has 3 nitrogen and oxygen atoms in total. The third-order valence-corrected chi connectivity index (χ3v) is 4.61. The smallest absolute Gasteiger partial charge is 0.227 e. The number of para-hydroxylation sites is 1. The first-order valence-electron chi connectivity index (χ1n) is 8.93. The highest BCUT2D eigenvalue weighted by molar-refractivity contribution is 6.36. The second-order valence-corrected chi connectivity index (χ2v) is 6.35. The van der Waals surface area contributed by atoms with Crippen LogP contribution < -0.4 is 0 Å². The number of hydrogen-bond donors (Lipinski definition) is 0. The molecule has 25 heavy (non-hydrogen) atoms. The maximum atomic E-state index is 12.1. The number of hydrogen-bond acceptors (Lipinski definition) is 2. The lowest BCUT2D eigenvalue weighted by molar-refractivity contribution is -0.104. The van der Waals surface area contributed by atoms with Crippen molar-refractivity contribution in [2.24, 2.45) is 0 Å². The van der Waals surface area contributed by atoms with E-state index >= 15 is 0 Å². The Morgan fingerprint density at radius 1 is 1.00 bits per heavy atom. The standard InChI is InChI=1S/C22H23NO2/c1-2-3-4-8-14-23-15-20(21(25)16-24)19-13-9-12-18(22(19)23)17-10-6-5-7-11-17/h5-7,9-13,15-16H,2-4,8,14H2,1H3. The maximum absolute atomic E-state index is 12.1. The Morgan fingerprint density at radius 2 is 1.80 bits per heavy atom. The van der Waals surface area contributed by atoms with E-state index in [1.165, 1.54) is 19.3 Å². The molecule has 3 heteroatoms. The van der Waals surface area contributed by atoms with Gasteiger partial charge in [-0.05, 0) is 12.0 Å². The molecule has 0 fully saturated rings. The van der Waals surface area contributed by atoms with Crippen LogP contribution in [0.15, 0.2) is 54.7 Å². The van der Waals surface area contributed by atoms with E-state index in [9.17, 15) is 9.59 Å². The van der Waals surface area contributed by atoms with Crippen LogP contribution in [0.25, 0.3) is 22.0 Å². The molecule has 2 aromatic carbocycles. The molecule has 0 aliphatic rings. The quantitative estimate of drug-likeness (QED) is 0.244. The highest BCUT2D eigenvalue weighted by atomic mass is 16.2. The molecule has 0 aliphatic carbocycles. The van der Waals surface area contributed by atoms with Crippen LogP contribution in [0.1, 0.15) is 43.0 Å². The van der Waals surface area contributed by atoms with E-state index in [1.54, 1.807) is 0 Å². The highest BCUT2D eigenvalue weighted by Gasteiger charge is 2.17. The van der Waals surface area contributed by atoms with Gasteiger partial charge >= 0.3 is 0 Å². The number of carbonyl (C=O) groups excluding carboxylic acids is 2. The molecule has 0 radical (unpaired) electrons. The normalized spacial score (nSPS) is 10.9. The van der Waals surface area contributed by atoms with Gasteiger partial charge < -0.3 is 4.57 Å². The molecule has 3 rings (SSSR count). The summed E-state index contributed by atoms with van der Waals surface area (Å²) in [6.07, 6.45) is 6.89. The number of aldehydes is 1. The number of aryl methyl sites for hydroxylation is 1. The number of nitrogens with zero attached hydrogens (tertiary/aromatic N) is 1. The number of carbonyl (C=O) groups is 2. The van der Waals surface area contributed by atoms with E-state index in [-0.39, 0.29) is 0 Å². The van der Waals surface area contributed by atoms with Gasteiger partial charge in [0, 0.05) is 23.7 Å². The summed E-state index contributed by atoms with van der Waals surface area (Å²) >= 11 is 0. The van der Waals surface area contributed by atoms with E-state index in [0.717, 1.165) is 35.0 Å². The lowest BCUT2D eigenvalue weighted by atomic mass is 10.0. The summed E-state index contributed by atoms with van der Waals surface area (Å²) in [5.74, 6) is -0.456. The Morgan fingerprint density at radius 3 is 2.52 bits per heavy atom. The summed E-state index contributed by atoms with van der Waals surface area (Å²) in [6, 6.07) is 16.1. The Kier molecular flexibility index (Phi) is 5.44. The predicted octanol–water partition coefficient (Wildman–Crippen LogP) is 5.27. The van der Waals surface area contributed by atoms with Gasteiger partial charge in [-0.15, -0.1) is 0 Å². The molecule has 128 valence electrons. The summed E-state index contributed by atoms with van der Waals surface area (Å²) in [6.45, 7) is 3.05. The number of Topliss-reactive ketones (excluding diaryl/α,β-unsaturated/α-hetero) is 1. The van der Waals surface area contributed by atoms with Crippen molar-refractivity contribution in [3.63, 3.8) is 0 Å². The number of aromatic nitrogens is 1. The summed E-state index contributed by atoms with van der Waals surface area (Å²) < 4.78 is 2.14. The average Bonchev–Trinajstić information content (AvgIpc) is 3.04. The number of ketones is 1. The molecular formula is C22H23NO2. The largest absolute Gasteiger partial charge is 0.346 e. The molecule has 0 saturated heterocycles. The Bertz CT molecular complexity index is 878. The lowest BCUT2D eigenvalue weighted by Gasteiger charge is -2.10. The molecule has 1 aromatic heterocycles. The predicted molar refractivity (Wildman–Crippen MR) is 102 cm³/mol. The van der Waals surface area contributed by atoms with Gasteiger partial charge in [-0.2, -0.15) is 0 Å². The third kappa shape index (κ3) is 3.55. The maximum Gasteiger partial charge on any atom is 0.227 e. The molecular weight excluding hydrogens is 310 g/mol. The molecule has 0 bridgehead atoms. The van der Waals surface area contributed by atoms with Crippen molar-refractivity contribution >= 4 is 23.0 Å². The summed E-state index contributed by atoms with van der Waals surface area (Å²) in [5.41, 5.74) is 3.75. The molecule has 0 atom stereocenters. The number of unbranched alkanes of at least 4 members (excludes halogenated alkanes) is 3. The number of benzene rings is 2. The van der Waals surface area contributed by atoms with Crippen LogP contribution >= 0.6 is 0 Å². The van der Waals surface area contributed by atoms with E-state index in [1.807, 2.05) is 36.5 Å². The molecule has 0 N–H and O–H groups in total. The fraction of sp³-hybridized carbons (Fsp3) is 0.273. The summed E-state index contributed by atoms with van der Waals surface area (Å²) in [7, 11) is 0. The first-order chi connectivity index (χ1) is 12.3. The summed E-state index contributed by atoms with van der Waals surface area (Å²) in [4.78, 5) is 23.1. The highest BCUT2D eigenvalue weighted by Crippen LogP contribution is 2.32. The molecule has 0 spiro atoms. The third-order valence-electron chi connectivity index (χ3n) is 4.61. The van der Waals surface area contributed by atoms with Gasteiger partial charge in [0.25, 0.3) is 0 Å². The monoisotopic (exact) mass is 333 g/mol. The van der Waals surface area contributed by atoms with Crippen molar-refractivity contribution in [1.82, 2.24) is 4.57 Å². The first-order valence-corrected chi connectivity index (χ1v) is 8.93. The Hall–Kier alpha value is -2.68. The van der Waals surface area contributed by atoms with Crippen LogP contribution in [0, 0.1) is 0 Å². The minimum Gasteiger partial charge on any atom is -0.346 e. The van der Waals surface area contributed by atoms with Crippen LogP contribution in [0.5, 0.6) is 0 Å². The van der Waals surface area contributed by atoms with Gasteiger partial charge in [-0.3, -0.25) is 9.59 Å². The van der Waals surface area contributed by atoms with Crippen molar-refractivity contribution in [2.45, 2.75) is 39.2 Å². The zero-order valence-electron chi connectivity index (χ0n) is 14.6. The van der Waals surface area contributed by atoms with Gasteiger partial charge in [0.05, 0.1) is 11.1 Å². The van der Waals surface area contributed by atoms with Crippen LogP contribution in [-0.4, -0.2) is 16.6 Å². The molecule has 0 unspecified atom stereocenters. The second-order valence-electron chi connectivity index (χ2n) is 6.35. The Balaban J connectivity index is 2.12. The SMILES string of the molecule is CCCCCCn1cc(C(=O)C=O)c2cccc(-c3ccccc3)c21. The van der Waals surface area contributed by atoms with Crippen molar-refractivity contribution in [3.05, 3.63) is 60.3 Å². The topological polar surface area (TPSA) is 39.1 Å². The van der Waals surface area contributed by atoms with Gasteiger partial charge in [-0.25, -0.2) is 0 Å². The van der Waals surface area contributed by atoms with Crippen molar-refractivity contribution in [3.8, 4) is 11.1 Å². The van der Waals surface area contributed by atoms with Crippen LogP contribution in [0.3, 0.4) is 0 Å². The molecule has 0 aliphatic heterocycles. The van der Waals surface area contributed by atoms with E-state index in [4.69, 9.17) is 0 Å². The van der Waals surface area contributed by atoms with Crippen molar-refractivity contribution in [1.29, 1.82) is 0 Å². The van der Waals surface area contributed by atoms with Crippen LogP contribution in [-0.2, 0) is 11.3 Å². The zero-order valence-corrected chi connectivity index (χ0v) is 14.6. The second kappa shape index (κ2) is 7.93. The van der Waals surface area contributed by atoms with Crippen molar-refractivity contribution in [2.75, 3.05) is 0 Å². The van der Waals surface area contributed by atoms with E-state index in [2.05, 4.69) is 29.7 Å². The zero-order chi connectivity index (χ0) is 17.6. The van der Waals surface area contributed by atoms with Crippen LogP contribution in [0.2, 0.25) is 0 Å². The van der Waals surface area contributed by atoms with Crippen molar-refractivity contribution < 1.29 is 9.59 Å². The minimum atomic E-state index is -0.456. The van der Waals surface area contributed by atoms with Crippen LogP contribution in [0.4, 0.5) is 0 Å². The molecule has 1 heterocycles. The first kappa shape index (κ1) is 17.2. The van der Waals surface area contributed by atoms with Gasteiger partial charge in [-0.1, -0.05) is 74.7 Å². The van der Waals surface area contributed by atoms with Gasteiger partial charge in [0.2, 0.25) is 5.78 Å². The van der Waals surface area contributed by atoms with E-state index in [0.29, 0.717) is 11.8 Å². The molecule has 0 saturated carbocycles. The summed E-state index contributed by atoms with van der Waals surface area (Å²) in [5, 5.41) is 0.856. The minimum absolute atomic E-state index is 0.408. The fourth-order valence-corrected chi connectivity index (χ4v) is 3.36. The number of fused-ring (bicyclic) bond motifs is 1. The Labute approximate surface area is 148 Å². The fourth-order valence-electron chi connectivity index (χ4n) is 3.36. The lowest BCUT2D eigenvalue weighted by Crippen LogP contribution is -1.99. The number of rotatable bonds is 8. The average molecular weight is 333 g/mol.